The molecule has 0 aliphatic carbocycles. The molecule has 2 amide bonds. The number of amides is 2. The number of nitrogens with one attached hydrogen (secondary N) is 2. The van der Waals surface area contributed by atoms with Crippen LogP contribution in [0.4, 0.5) is 5.69 Å². The molecule has 1 aromatic heterocycles. The maximum atomic E-state index is 13.1. The van der Waals surface area contributed by atoms with Crippen LogP contribution in [0.5, 0.6) is 0 Å². The van der Waals surface area contributed by atoms with E-state index in [0.29, 0.717) is 23.5 Å². The van der Waals surface area contributed by atoms with Crippen molar-refractivity contribution in [3.63, 3.8) is 0 Å². The molecule has 5 nitrogen and oxygen atoms in total. The van der Waals surface area contributed by atoms with Gasteiger partial charge in [0.15, 0.2) is 0 Å². The van der Waals surface area contributed by atoms with Crippen LogP contribution in [0.15, 0.2) is 78.9 Å². The first-order valence-corrected chi connectivity index (χ1v) is 10.1. The van der Waals surface area contributed by atoms with Gasteiger partial charge in [-0.1, -0.05) is 54.1 Å². The summed E-state index contributed by atoms with van der Waals surface area (Å²) in [5.41, 5.74) is 5.75. The van der Waals surface area contributed by atoms with E-state index in [9.17, 15) is 9.59 Å². The van der Waals surface area contributed by atoms with E-state index >= 15 is 0 Å². The van der Waals surface area contributed by atoms with Gasteiger partial charge in [-0.3, -0.25) is 9.59 Å². The first-order chi connectivity index (χ1) is 15.0. The zero-order valence-electron chi connectivity index (χ0n) is 17.5. The lowest BCUT2D eigenvalue weighted by Crippen LogP contribution is -2.23. The average molecular weight is 409 g/mol. The van der Waals surface area contributed by atoms with E-state index in [-0.39, 0.29) is 11.8 Å². The lowest BCUT2D eigenvalue weighted by molar-refractivity contribution is -0.114. The van der Waals surface area contributed by atoms with Gasteiger partial charge < -0.3 is 10.6 Å². The van der Waals surface area contributed by atoms with E-state index in [1.165, 1.54) is 6.92 Å². The molecule has 0 aliphatic rings. The van der Waals surface area contributed by atoms with Gasteiger partial charge in [0.1, 0.15) is 0 Å². The first kappa shape index (κ1) is 20.3. The summed E-state index contributed by atoms with van der Waals surface area (Å²) in [5.74, 6) is -0.262. The monoisotopic (exact) mass is 409 g/mol. The minimum atomic E-state index is -0.141. The van der Waals surface area contributed by atoms with Crippen molar-refractivity contribution in [3.05, 3.63) is 95.6 Å². The molecule has 5 heteroatoms. The number of aromatic nitrogens is 1. The SMILES string of the molecule is CC(=O)Nc1ccc(-c2cc(C(=O)NCc3ccccc3)c3cc(C)ccc3n2)cc1. The number of hydrogen-bond donors (Lipinski definition) is 2. The number of anilines is 1. The van der Waals surface area contributed by atoms with Gasteiger partial charge in [-0.05, 0) is 42.8 Å². The molecular weight excluding hydrogens is 386 g/mol. The maximum absolute atomic E-state index is 13.1. The van der Waals surface area contributed by atoms with Crippen molar-refractivity contribution < 1.29 is 9.59 Å². The summed E-state index contributed by atoms with van der Waals surface area (Å²) >= 11 is 0. The molecule has 2 N–H and O–H groups in total. The smallest absolute Gasteiger partial charge is 0.252 e. The van der Waals surface area contributed by atoms with Crippen LogP contribution < -0.4 is 10.6 Å². The predicted molar refractivity (Wildman–Crippen MR) is 124 cm³/mol. The first-order valence-electron chi connectivity index (χ1n) is 10.1. The molecule has 154 valence electrons. The summed E-state index contributed by atoms with van der Waals surface area (Å²) in [6.07, 6.45) is 0. The van der Waals surface area contributed by atoms with E-state index in [1.54, 1.807) is 0 Å². The van der Waals surface area contributed by atoms with E-state index in [4.69, 9.17) is 4.98 Å². The summed E-state index contributed by atoms with van der Waals surface area (Å²) in [4.78, 5) is 29.1. The van der Waals surface area contributed by atoms with Crippen LogP contribution in [-0.2, 0) is 11.3 Å². The molecule has 0 radical (unpaired) electrons. The molecule has 0 saturated carbocycles. The van der Waals surface area contributed by atoms with Gasteiger partial charge in [-0.25, -0.2) is 4.98 Å². The second-order valence-corrected chi connectivity index (χ2v) is 7.50. The molecule has 0 unspecified atom stereocenters. The van der Waals surface area contributed by atoms with Gasteiger partial charge in [0.25, 0.3) is 5.91 Å². The highest BCUT2D eigenvalue weighted by molar-refractivity contribution is 6.07. The normalized spacial score (nSPS) is 10.6. The van der Waals surface area contributed by atoms with Crippen LogP contribution in [0.2, 0.25) is 0 Å². The Labute approximate surface area is 181 Å². The van der Waals surface area contributed by atoms with Gasteiger partial charge in [-0.15, -0.1) is 0 Å². The molecule has 4 aromatic rings. The molecular formula is C26H23N3O2. The van der Waals surface area contributed by atoms with Gasteiger partial charge in [0, 0.05) is 30.1 Å². The molecule has 0 fully saturated rings. The Hall–Kier alpha value is -3.99. The largest absolute Gasteiger partial charge is 0.348 e. The van der Waals surface area contributed by atoms with Gasteiger partial charge >= 0.3 is 0 Å². The predicted octanol–water partition coefficient (Wildman–Crippen LogP) is 5.10. The van der Waals surface area contributed by atoms with Crippen LogP contribution in [0.3, 0.4) is 0 Å². The Morgan fingerprint density at radius 1 is 0.903 bits per heavy atom. The third-order valence-electron chi connectivity index (χ3n) is 5.01. The highest BCUT2D eigenvalue weighted by Crippen LogP contribution is 2.27. The highest BCUT2D eigenvalue weighted by Gasteiger charge is 2.14. The Morgan fingerprint density at radius 3 is 2.35 bits per heavy atom. The van der Waals surface area contributed by atoms with Gasteiger partial charge in [0.05, 0.1) is 16.8 Å². The molecule has 3 aromatic carbocycles. The lowest BCUT2D eigenvalue weighted by Gasteiger charge is -2.12. The Balaban J connectivity index is 1.70. The van der Waals surface area contributed by atoms with Crippen molar-refractivity contribution in [1.29, 1.82) is 0 Å². The summed E-state index contributed by atoms with van der Waals surface area (Å²) in [5, 5.41) is 6.60. The van der Waals surface area contributed by atoms with Gasteiger partial charge in [0.2, 0.25) is 5.91 Å². The zero-order valence-corrected chi connectivity index (χ0v) is 17.5. The fourth-order valence-corrected chi connectivity index (χ4v) is 3.48. The van der Waals surface area contributed by atoms with Crippen LogP contribution >= 0.6 is 0 Å². The number of aryl methyl sites for hydroxylation is 1. The number of fused-ring (bicyclic) bond motifs is 1. The summed E-state index contributed by atoms with van der Waals surface area (Å²) in [6, 6.07) is 25.0. The number of carbonyl (C=O) groups excluding carboxylic acids is 2. The number of nitrogens with zero attached hydrogens (tertiary/aromatic N) is 1. The van der Waals surface area contributed by atoms with Crippen molar-refractivity contribution in [3.8, 4) is 11.3 Å². The third kappa shape index (κ3) is 4.78. The van der Waals surface area contributed by atoms with Crippen molar-refractivity contribution in [2.24, 2.45) is 0 Å². The highest BCUT2D eigenvalue weighted by atomic mass is 16.2. The second-order valence-electron chi connectivity index (χ2n) is 7.50. The number of benzene rings is 3. The summed E-state index contributed by atoms with van der Waals surface area (Å²) < 4.78 is 0. The van der Waals surface area contributed by atoms with E-state index in [0.717, 1.165) is 27.6 Å². The molecule has 0 saturated heterocycles. The number of rotatable bonds is 5. The summed E-state index contributed by atoms with van der Waals surface area (Å²) in [7, 11) is 0. The van der Waals surface area contributed by atoms with Crippen LogP contribution in [0, 0.1) is 6.92 Å². The maximum Gasteiger partial charge on any atom is 0.252 e. The minimum absolute atomic E-state index is 0.121. The molecule has 0 bridgehead atoms. The Kier molecular flexibility index (Phi) is 5.76. The van der Waals surface area contributed by atoms with Crippen molar-refractivity contribution in [1.82, 2.24) is 10.3 Å². The fraction of sp³-hybridized carbons (Fsp3) is 0.115. The molecule has 31 heavy (non-hydrogen) atoms. The number of hydrogen-bond acceptors (Lipinski definition) is 3. The second kappa shape index (κ2) is 8.79. The topological polar surface area (TPSA) is 71.1 Å². The molecule has 1 heterocycles. The molecule has 0 spiro atoms. The Bertz CT molecular complexity index is 1250. The quantitative estimate of drug-likeness (QED) is 0.482. The zero-order chi connectivity index (χ0) is 21.8. The van der Waals surface area contributed by atoms with Crippen molar-refractivity contribution >= 4 is 28.4 Å². The average Bonchev–Trinajstić information content (AvgIpc) is 2.77. The van der Waals surface area contributed by atoms with Crippen LogP contribution in [0.25, 0.3) is 22.2 Å². The number of carbonyl (C=O) groups is 2. The molecule has 0 atom stereocenters. The summed E-state index contributed by atoms with van der Waals surface area (Å²) in [6.45, 7) is 3.93. The molecule has 4 rings (SSSR count). The van der Waals surface area contributed by atoms with Crippen LogP contribution in [0.1, 0.15) is 28.4 Å². The van der Waals surface area contributed by atoms with E-state index in [2.05, 4.69) is 10.6 Å². The fourth-order valence-electron chi connectivity index (χ4n) is 3.48. The van der Waals surface area contributed by atoms with E-state index < -0.39 is 0 Å². The molecule has 0 aliphatic heterocycles. The van der Waals surface area contributed by atoms with E-state index in [1.807, 2.05) is 85.8 Å². The standard InChI is InChI=1S/C26H23N3O2/c1-17-8-13-24-22(14-17)23(26(31)27-16-19-6-4-3-5-7-19)15-25(29-24)20-9-11-21(12-10-20)28-18(2)30/h3-15H,16H2,1-2H3,(H,27,31)(H,28,30). The minimum Gasteiger partial charge on any atom is -0.348 e. The third-order valence-corrected chi connectivity index (χ3v) is 5.01. The van der Waals surface area contributed by atoms with Crippen molar-refractivity contribution in [2.45, 2.75) is 20.4 Å². The van der Waals surface area contributed by atoms with Crippen LogP contribution in [-0.4, -0.2) is 16.8 Å². The number of pyridine rings is 1. The Morgan fingerprint density at radius 2 is 1.65 bits per heavy atom. The van der Waals surface area contributed by atoms with Crippen molar-refractivity contribution in [2.75, 3.05) is 5.32 Å². The lowest BCUT2D eigenvalue weighted by atomic mass is 10.0. The van der Waals surface area contributed by atoms with Gasteiger partial charge in [-0.2, -0.15) is 0 Å².